The predicted molar refractivity (Wildman–Crippen MR) is 55.2 cm³/mol. The molecule has 0 aromatic rings. The zero-order valence-corrected chi connectivity index (χ0v) is 8.54. The zero-order valence-electron chi connectivity index (χ0n) is 8.54. The molecule has 1 atom stereocenters. The summed E-state index contributed by atoms with van der Waals surface area (Å²) in [5, 5.41) is 11.0. The lowest BCUT2D eigenvalue weighted by atomic mass is 9.85. The van der Waals surface area contributed by atoms with Crippen molar-refractivity contribution >= 4 is 6.09 Å². The number of hydrogen-bond acceptors (Lipinski definition) is 2. The van der Waals surface area contributed by atoms with Crippen LogP contribution >= 0.6 is 0 Å². The van der Waals surface area contributed by atoms with Crippen LogP contribution in [0.2, 0.25) is 0 Å². The number of rotatable bonds is 4. The summed E-state index contributed by atoms with van der Waals surface area (Å²) < 4.78 is 0. The van der Waals surface area contributed by atoms with Crippen molar-refractivity contribution in [2.24, 2.45) is 11.7 Å². The summed E-state index contributed by atoms with van der Waals surface area (Å²) in [4.78, 5) is 10.4. The van der Waals surface area contributed by atoms with Gasteiger partial charge in [0.1, 0.15) is 0 Å². The fraction of sp³-hybridized carbons (Fsp3) is 0.900. The molecule has 0 unspecified atom stereocenters. The van der Waals surface area contributed by atoms with Crippen LogP contribution < -0.4 is 11.1 Å². The van der Waals surface area contributed by atoms with Crippen LogP contribution in [0, 0.1) is 5.92 Å². The van der Waals surface area contributed by atoms with E-state index in [1.807, 2.05) is 0 Å². The molecule has 0 aliphatic heterocycles. The van der Waals surface area contributed by atoms with Gasteiger partial charge in [-0.2, -0.15) is 0 Å². The van der Waals surface area contributed by atoms with E-state index in [9.17, 15) is 4.79 Å². The third-order valence-corrected chi connectivity index (χ3v) is 2.95. The van der Waals surface area contributed by atoms with Crippen LogP contribution in [0.5, 0.6) is 0 Å². The van der Waals surface area contributed by atoms with E-state index >= 15 is 0 Å². The summed E-state index contributed by atoms with van der Waals surface area (Å²) in [5.41, 5.74) is 5.51. The summed E-state index contributed by atoms with van der Waals surface area (Å²) in [5.74, 6) is 0.671. The van der Waals surface area contributed by atoms with Gasteiger partial charge in [0.05, 0.1) is 0 Å². The van der Waals surface area contributed by atoms with Gasteiger partial charge in [-0.3, -0.25) is 0 Å². The molecule has 0 aromatic heterocycles. The first kappa shape index (κ1) is 11.3. The van der Waals surface area contributed by atoms with Crippen molar-refractivity contribution < 1.29 is 9.90 Å². The molecule has 14 heavy (non-hydrogen) atoms. The Bertz CT molecular complexity index is 179. The Morgan fingerprint density at radius 1 is 1.43 bits per heavy atom. The monoisotopic (exact) mass is 200 g/mol. The summed E-state index contributed by atoms with van der Waals surface area (Å²) in [7, 11) is 0. The van der Waals surface area contributed by atoms with Crippen molar-refractivity contribution in [1.29, 1.82) is 0 Å². The maximum atomic E-state index is 10.4. The second-order valence-electron chi connectivity index (χ2n) is 4.12. The lowest BCUT2D eigenvalue weighted by Gasteiger charge is -2.25. The number of nitrogens with one attached hydrogen (secondary N) is 1. The molecule has 82 valence electrons. The molecule has 1 fully saturated rings. The van der Waals surface area contributed by atoms with Gasteiger partial charge in [0.15, 0.2) is 0 Å². The molecule has 4 heteroatoms. The van der Waals surface area contributed by atoms with Crippen LogP contribution in [-0.2, 0) is 0 Å². The number of amides is 1. The van der Waals surface area contributed by atoms with Gasteiger partial charge in [0.25, 0.3) is 0 Å². The van der Waals surface area contributed by atoms with Gasteiger partial charge in [-0.25, -0.2) is 4.79 Å². The summed E-state index contributed by atoms with van der Waals surface area (Å²) in [6, 6.07) is -0.0596. The first-order chi connectivity index (χ1) is 6.72. The molecule has 0 radical (unpaired) electrons. The Morgan fingerprint density at radius 2 is 2.07 bits per heavy atom. The Hall–Kier alpha value is -0.770. The van der Waals surface area contributed by atoms with Crippen molar-refractivity contribution in [3.63, 3.8) is 0 Å². The third-order valence-electron chi connectivity index (χ3n) is 2.95. The smallest absolute Gasteiger partial charge is 0.404 e. The fourth-order valence-corrected chi connectivity index (χ4v) is 2.21. The Labute approximate surface area is 84.9 Å². The van der Waals surface area contributed by atoms with Crippen LogP contribution in [0.15, 0.2) is 0 Å². The van der Waals surface area contributed by atoms with E-state index < -0.39 is 6.09 Å². The van der Waals surface area contributed by atoms with E-state index in [-0.39, 0.29) is 6.04 Å². The molecule has 0 heterocycles. The summed E-state index contributed by atoms with van der Waals surface area (Å²) in [6.45, 7) is 0.406. The van der Waals surface area contributed by atoms with Gasteiger partial charge in [0.2, 0.25) is 0 Å². The van der Waals surface area contributed by atoms with Crippen LogP contribution in [0.25, 0.3) is 0 Å². The van der Waals surface area contributed by atoms with Crippen LogP contribution in [0.3, 0.4) is 0 Å². The topological polar surface area (TPSA) is 75.3 Å². The Balaban J connectivity index is 2.27. The average Bonchev–Trinajstić information content (AvgIpc) is 2.17. The molecule has 4 N–H and O–H groups in total. The second-order valence-corrected chi connectivity index (χ2v) is 4.12. The van der Waals surface area contributed by atoms with E-state index in [4.69, 9.17) is 10.8 Å². The van der Waals surface area contributed by atoms with E-state index in [0.29, 0.717) is 12.5 Å². The minimum atomic E-state index is -0.962. The highest BCUT2D eigenvalue weighted by Gasteiger charge is 2.18. The number of hydrogen-bond donors (Lipinski definition) is 3. The SMILES string of the molecule is NC[C@H](CC1CCCCC1)NC(=O)O. The predicted octanol–water partition coefficient (Wildman–Crippen LogP) is 1.55. The Morgan fingerprint density at radius 3 is 2.57 bits per heavy atom. The van der Waals surface area contributed by atoms with Gasteiger partial charge in [0, 0.05) is 12.6 Å². The van der Waals surface area contributed by atoms with Gasteiger partial charge < -0.3 is 16.2 Å². The molecule has 0 aromatic carbocycles. The minimum absolute atomic E-state index is 0.0596. The first-order valence-electron chi connectivity index (χ1n) is 5.42. The minimum Gasteiger partial charge on any atom is -0.465 e. The largest absolute Gasteiger partial charge is 0.465 e. The highest BCUT2D eigenvalue weighted by molar-refractivity contribution is 5.64. The van der Waals surface area contributed by atoms with E-state index in [0.717, 1.165) is 6.42 Å². The highest BCUT2D eigenvalue weighted by Crippen LogP contribution is 2.27. The lowest BCUT2D eigenvalue weighted by molar-refractivity contribution is 0.186. The van der Waals surface area contributed by atoms with E-state index in [1.165, 1.54) is 32.1 Å². The zero-order chi connectivity index (χ0) is 10.4. The van der Waals surface area contributed by atoms with Crippen molar-refractivity contribution in [2.75, 3.05) is 6.54 Å². The number of nitrogens with two attached hydrogens (primary N) is 1. The van der Waals surface area contributed by atoms with Crippen LogP contribution in [0.1, 0.15) is 38.5 Å². The summed E-state index contributed by atoms with van der Waals surface area (Å²) >= 11 is 0. The normalized spacial score (nSPS) is 20.4. The molecule has 0 spiro atoms. The van der Waals surface area contributed by atoms with Crippen LogP contribution in [-0.4, -0.2) is 23.8 Å². The van der Waals surface area contributed by atoms with Gasteiger partial charge >= 0.3 is 6.09 Å². The van der Waals surface area contributed by atoms with Gasteiger partial charge in [-0.1, -0.05) is 32.1 Å². The molecule has 1 aliphatic rings. The molecular formula is C10H20N2O2. The van der Waals surface area contributed by atoms with Crippen molar-refractivity contribution in [1.82, 2.24) is 5.32 Å². The summed E-state index contributed by atoms with van der Waals surface area (Å²) in [6.07, 6.45) is 6.31. The molecule has 1 saturated carbocycles. The van der Waals surface area contributed by atoms with Crippen molar-refractivity contribution in [3.8, 4) is 0 Å². The van der Waals surface area contributed by atoms with E-state index in [1.54, 1.807) is 0 Å². The molecule has 1 rings (SSSR count). The third kappa shape index (κ3) is 3.96. The van der Waals surface area contributed by atoms with Crippen molar-refractivity contribution in [3.05, 3.63) is 0 Å². The quantitative estimate of drug-likeness (QED) is 0.644. The van der Waals surface area contributed by atoms with Gasteiger partial charge in [-0.15, -0.1) is 0 Å². The fourth-order valence-electron chi connectivity index (χ4n) is 2.21. The van der Waals surface area contributed by atoms with Crippen LogP contribution in [0.4, 0.5) is 4.79 Å². The molecule has 4 nitrogen and oxygen atoms in total. The number of carboxylic acid groups (broad SMARTS) is 1. The molecule has 0 bridgehead atoms. The lowest BCUT2D eigenvalue weighted by Crippen LogP contribution is -2.40. The van der Waals surface area contributed by atoms with E-state index in [2.05, 4.69) is 5.32 Å². The Kier molecular flexibility index (Phi) is 4.73. The maximum Gasteiger partial charge on any atom is 0.404 e. The average molecular weight is 200 g/mol. The highest BCUT2D eigenvalue weighted by atomic mass is 16.4. The van der Waals surface area contributed by atoms with Crippen molar-refractivity contribution in [2.45, 2.75) is 44.6 Å². The molecule has 1 aliphatic carbocycles. The van der Waals surface area contributed by atoms with Gasteiger partial charge in [-0.05, 0) is 12.3 Å². The maximum absolute atomic E-state index is 10.4. The number of carbonyl (C=O) groups is 1. The second kappa shape index (κ2) is 5.86. The molecule has 0 saturated heterocycles. The molecule has 1 amide bonds. The molecular weight excluding hydrogens is 180 g/mol. The first-order valence-corrected chi connectivity index (χ1v) is 5.42. The standard InChI is InChI=1S/C10H20N2O2/c11-7-9(12-10(13)14)6-8-4-2-1-3-5-8/h8-9,12H,1-7,11H2,(H,13,14)/t9-/m0/s1.